The minimum Gasteiger partial charge on any atom is -0.377 e. The summed E-state index contributed by atoms with van der Waals surface area (Å²) in [6.07, 6.45) is 7.36. The van der Waals surface area contributed by atoms with Crippen molar-refractivity contribution in [2.75, 3.05) is 13.7 Å². The van der Waals surface area contributed by atoms with Crippen LogP contribution in [-0.4, -0.2) is 25.8 Å². The standard InChI is InChI=1S/C12H25NO/c1-10(2)14-9-12(13-3)11-7-5-4-6-8-11/h10-13H,4-9H2,1-3H3. The molecule has 1 fully saturated rings. The third-order valence-electron chi connectivity index (χ3n) is 3.20. The van der Waals surface area contributed by atoms with E-state index in [2.05, 4.69) is 26.2 Å². The molecule has 84 valence electrons. The SMILES string of the molecule is CNC(COC(C)C)C1CCCCC1. The maximum Gasteiger partial charge on any atom is 0.0625 e. The van der Waals surface area contributed by atoms with Gasteiger partial charge < -0.3 is 10.1 Å². The highest BCUT2D eigenvalue weighted by Gasteiger charge is 2.22. The molecule has 0 aromatic heterocycles. The second-order valence-corrected chi connectivity index (χ2v) is 4.68. The van der Waals surface area contributed by atoms with Crippen LogP contribution in [0.4, 0.5) is 0 Å². The van der Waals surface area contributed by atoms with Crippen LogP contribution in [0.3, 0.4) is 0 Å². The lowest BCUT2D eigenvalue weighted by atomic mass is 9.84. The van der Waals surface area contributed by atoms with Gasteiger partial charge in [0.2, 0.25) is 0 Å². The van der Waals surface area contributed by atoms with Crippen LogP contribution in [0.15, 0.2) is 0 Å². The Balaban J connectivity index is 2.28. The van der Waals surface area contributed by atoms with Crippen molar-refractivity contribution in [3.63, 3.8) is 0 Å². The van der Waals surface area contributed by atoms with Gasteiger partial charge in [-0.1, -0.05) is 19.3 Å². The third kappa shape index (κ3) is 3.97. The molecule has 14 heavy (non-hydrogen) atoms. The fraction of sp³-hybridized carbons (Fsp3) is 1.00. The van der Waals surface area contributed by atoms with Crippen LogP contribution in [-0.2, 0) is 4.74 Å². The first-order valence-corrected chi connectivity index (χ1v) is 6.03. The van der Waals surface area contributed by atoms with Crippen LogP contribution >= 0.6 is 0 Å². The van der Waals surface area contributed by atoms with E-state index in [-0.39, 0.29) is 0 Å². The predicted molar refractivity (Wildman–Crippen MR) is 60.5 cm³/mol. The zero-order valence-corrected chi connectivity index (χ0v) is 9.88. The van der Waals surface area contributed by atoms with E-state index >= 15 is 0 Å². The van der Waals surface area contributed by atoms with Crippen LogP contribution in [0.25, 0.3) is 0 Å². The van der Waals surface area contributed by atoms with Gasteiger partial charge in [0, 0.05) is 6.04 Å². The molecule has 1 saturated carbocycles. The molecule has 0 saturated heterocycles. The fourth-order valence-electron chi connectivity index (χ4n) is 2.29. The van der Waals surface area contributed by atoms with Crippen LogP contribution in [0, 0.1) is 5.92 Å². The Kier molecular flexibility index (Phi) is 5.49. The Morgan fingerprint density at radius 2 is 1.86 bits per heavy atom. The number of hydrogen-bond donors (Lipinski definition) is 1. The molecule has 0 spiro atoms. The number of ether oxygens (including phenoxy) is 1. The smallest absolute Gasteiger partial charge is 0.0625 e. The first-order valence-electron chi connectivity index (χ1n) is 6.03. The highest BCUT2D eigenvalue weighted by Crippen LogP contribution is 2.26. The number of likely N-dealkylation sites (N-methyl/N-ethyl adjacent to an activating group) is 1. The van der Waals surface area contributed by atoms with Gasteiger partial charge in [-0.25, -0.2) is 0 Å². The second-order valence-electron chi connectivity index (χ2n) is 4.68. The molecule has 1 aliphatic rings. The predicted octanol–water partition coefficient (Wildman–Crippen LogP) is 2.58. The van der Waals surface area contributed by atoms with Crippen molar-refractivity contribution in [3.8, 4) is 0 Å². The van der Waals surface area contributed by atoms with Gasteiger partial charge in [-0.2, -0.15) is 0 Å². The zero-order valence-electron chi connectivity index (χ0n) is 9.88. The molecule has 1 unspecified atom stereocenters. The molecular formula is C12H25NO. The van der Waals surface area contributed by atoms with E-state index in [4.69, 9.17) is 4.74 Å². The Bertz CT molecular complexity index is 141. The fourth-order valence-corrected chi connectivity index (χ4v) is 2.29. The van der Waals surface area contributed by atoms with Crippen molar-refractivity contribution >= 4 is 0 Å². The van der Waals surface area contributed by atoms with Crippen molar-refractivity contribution in [3.05, 3.63) is 0 Å². The van der Waals surface area contributed by atoms with E-state index < -0.39 is 0 Å². The quantitative estimate of drug-likeness (QED) is 0.735. The Morgan fingerprint density at radius 3 is 2.36 bits per heavy atom. The molecule has 0 aromatic carbocycles. The van der Waals surface area contributed by atoms with Crippen molar-refractivity contribution in [2.45, 2.75) is 58.1 Å². The molecular weight excluding hydrogens is 174 g/mol. The topological polar surface area (TPSA) is 21.3 Å². The van der Waals surface area contributed by atoms with E-state index in [1.54, 1.807) is 0 Å². The first kappa shape index (κ1) is 12.0. The number of hydrogen-bond acceptors (Lipinski definition) is 2. The van der Waals surface area contributed by atoms with Crippen molar-refractivity contribution in [1.82, 2.24) is 5.32 Å². The minimum absolute atomic E-state index is 0.356. The highest BCUT2D eigenvalue weighted by molar-refractivity contribution is 4.78. The lowest BCUT2D eigenvalue weighted by Gasteiger charge is -2.30. The molecule has 1 atom stereocenters. The van der Waals surface area contributed by atoms with Crippen LogP contribution in [0.1, 0.15) is 46.0 Å². The molecule has 0 aliphatic heterocycles. The van der Waals surface area contributed by atoms with E-state index in [9.17, 15) is 0 Å². The van der Waals surface area contributed by atoms with Gasteiger partial charge in [0.25, 0.3) is 0 Å². The van der Waals surface area contributed by atoms with E-state index in [1.165, 1.54) is 32.1 Å². The van der Waals surface area contributed by atoms with Gasteiger partial charge in [0.1, 0.15) is 0 Å². The first-order chi connectivity index (χ1) is 6.74. The largest absolute Gasteiger partial charge is 0.377 e. The second kappa shape index (κ2) is 6.41. The van der Waals surface area contributed by atoms with Crippen molar-refractivity contribution in [1.29, 1.82) is 0 Å². The van der Waals surface area contributed by atoms with Gasteiger partial charge >= 0.3 is 0 Å². The average Bonchev–Trinajstić information content (AvgIpc) is 2.20. The zero-order chi connectivity index (χ0) is 10.4. The summed E-state index contributed by atoms with van der Waals surface area (Å²) >= 11 is 0. The Morgan fingerprint density at radius 1 is 1.21 bits per heavy atom. The third-order valence-corrected chi connectivity index (χ3v) is 3.20. The van der Waals surface area contributed by atoms with Gasteiger partial charge in [-0.3, -0.25) is 0 Å². The summed E-state index contributed by atoms with van der Waals surface area (Å²) in [7, 11) is 2.06. The normalized spacial score (nSPS) is 21.4. The Labute approximate surface area is 88.4 Å². The summed E-state index contributed by atoms with van der Waals surface area (Å²) in [6, 6.07) is 0.567. The van der Waals surface area contributed by atoms with Crippen LogP contribution in [0.2, 0.25) is 0 Å². The summed E-state index contributed by atoms with van der Waals surface area (Å²) < 4.78 is 5.69. The van der Waals surface area contributed by atoms with Crippen molar-refractivity contribution in [2.24, 2.45) is 5.92 Å². The van der Waals surface area contributed by atoms with Gasteiger partial charge in [-0.15, -0.1) is 0 Å². The van der Waals surface area contributed by atoms with Crippen LogP contribution < -0.4 is 5.32 Å². The lowest BCUT2D eigenvalue weighted by Crippen LogP contribution is -2.39. The van der Waals surface area contributed by atoms with Crippen LogP contribution in [0.5, 0.6) is 0 Å². The summed E-state index contributed by atoms with van der Waals surface area (Å²) in [6.45, 7) is 5.08. The molecule has 0 radical (unpaired) electrons. The summed E-state index contributed by atoms with van der Waals surface area (Å²) in [5.74, 6) is 0.840. The van der Waals surface area contributed by atoms with E-state index in [0.29, 0.717) is 12.1 Å². The average molecular weight is 199 g/mol. The molecule has 0 bridgehead atoms. The lowest BCUT2D eigenvalue weighted by molar-refractivity contribution is 0.0449. The number of nitrogens with one attached hydrogen (secondary N) is 1. The van der Waals surface area contributed by atoms with Gasteiger partial charge in [-0.05, 0) is 39.7 Å². The molecule has 0 amide bonds. The highest BCUT2D eigenvalue weighted by atomic mass is 16.5. The maximum absolute atomic E-state index is 5.69. The van der Waals surface area contributed by atoms with E-state index in [1.807, 2.05) is 0 Å². The molecule has 2 heteroatoms. The van der Waals surface area contributed by atoms with Crippen molar-refractivity contribution < 1.29 is 4.74 Å². The summed E-state index contributed by atoms with van der Waals surface area (Å²) in [5, 5.41) is 3.40. The van der Waals surface area contributed by atoms with Gasteiger partial charge in [0.15, 0.2) is 0 Å². The summed E-state index contributed by atoms with van der Waals surface area (Å²) in [4.78, 5) is 0. The molecule has 1 N–H and O–H groups in total. The molecule has 1 rings (SSSR count). The van der Waals surface area contributed by atoms with Gasteiger partial charge in [0.05, 0.1) is 12.7 Å². The monoisotopic (exact) mass is 199 g/mol. The molecule has 1 aliphatic carbocycles. The molecule has 0 aromatic rings. The Hall–Kier alpha value is -0.0800. The molecule has 0 heterocycles. The summed E-state index contributed by atoms with van der Waals surface area (Å²) in [5.41, 5.74) is 0. The number of rotatable bonds is 5. The maximum atomic E-state index is 5.69. The van der Waals surface area contributed by atoms with E-state index in [0.717, 1.165) is 12.5 Å². The molecule has 2 nitrogen and oxygen atoms in total. The minimum atomic E-state index is 0.356.